The number of carbonyl (C=O) groups is 1. The minimum absolute atomic E-state index is 0.0636. The number of ether oxygens (including phenoxy) is 1. The number of amides is 1. The van der Waals surface area contributed by atoms with Crippen LogP contribution in [0.15, 0.2) is 60.8 Å². The number of carbonyl (C=O) groups excluding carboxylic acids is 1. The molecule has 2 aromatic heterocycles. The van der Waals surface area contributed by atoms with Gasteiger partial charge in [-0.15, -0.1) is 13.2 Å². The summed E-state index contributed by atoms with van der Waals surface area (Å²) >= 11 is 0. The van der Waals surface area contributed by atoms with Crippen molar-refractivity contribution in [1.82, 2.24) is 19.8 Å². The Balaban J connectivity index is 0.000000204. The van der Waals surface area contributed by atoms with E-state index in [0.29, 0.717) is 17.4 Å². The monoisotopic (exact) mass is 485 g/mol. The first kappa shape index (κ1) is 24.3. The first-order valence-electron chi connectivity index (χ1n) is 11.1. The maximum absolute atomic E-state index is 12.2. The Morgan fingerprint density at radius 1 is 1.11 bits per heavy atom. The third-order valence-corrected chi connectivity index (χ3v) is 5.73. The van der Waals surface area contributed by atoms with Gasteiger partial charge >= 0.3 is 6.36 Å². The Labute approximate surface area is 200 Å². The van der Waals surface area contributed by atoms with Crippen molar-refractivity contribution in [2.24, 2.45) is 0 Å². The van der Waals surface area contributed by atoms with E-state index < -0.39 is 6.36 Å². The average molecular weight is 486 g/mol. The van der Waals surface area contributed by atoms with Crippen molar-refractivity contribution < 1.29 is 22.7 Å². The van der Waals surface area contributed by atoms with Gasteiger partial charge in [-0.1, -0.05) is 18.2 Å². The number of hydrogen-bond acceptors (Lipinski definition) is 5. The molecule has 10 heteroatoms. The van der Waals surface area contributed by atoms with Crippen LogP contribution in [0.4, 0.5) is 18.9 Å². The Bertz CT molecular complexity index is 1330. The number of hydrogen-bond donors (Lipinski definition) is 2. The lowest BCUT2D eigenvalue weighted by Gasteiger charge is -2.14. The summed E-state index contributed by atoms with van der Waals surface area (Å²) in [7, 11) is 3.50. The van der Waals surface area contributed by atoms with Crippen molar-refractivity contribution in [2.45, 2.75) is 18.8 Å². The van der Waals surface area contributed by atoms with Crippen molar-refractivity contribution in [3.8, 4) is 5.75 Å². The van der Waals surface area contributed by atoms with Crippen LogP contribution < -0.4 is 15.8 Å². The molecule has 4 aromatic rings. The number of nitrogens with two attached hydrogens (primary N) is 1. The minimum Gasteiger partial charge on any atom is -0.406 e. The third-order valence-electron chi connectivity index (χ3n) is 5.73. The molecule has 1 fully saturated rings. The van der Waals surface area contributed by atoms with E-state index in [1.54, 1.807) is 19.0 Å². The van der Waals surface area contributed by atoms with Gasteiger partial charge in [-0.05, 0) is 49.4 Å². The van der Waals surface area contributed by atoms with Crippen molar-refractivity contribution in [2.75, 3.05) is 32.9 Å². The van der Waals surface area contributed by atoms with Gasteiger partial charge in [0.15, 0.2) is 0 Å². The molecular formula is C25H26F3N5O2. The van der Waals surface area contributed by atoms with Gasteiger partial charge in [0.05, 0.1) is 11.7 Å². The molecule has 1 aliphatic heterocycles. The lowest BCUT2D eigenvalue weighted by atomic mass is 10.1. The van der Waals surface area contributed by atoms with Crippen LogP contribution in [-0.4, -0.2) is 53.9 Å². The van der Waals surface area contributed by atoms with Crippen LogP contribution in [-0.2, 0) is 0 Å². The summed E-state index contributed by atoms with van der Waals surface area (Å²) in [5.74, 6) is -0.331. The van der Waals surface area contributed by atoms with E-state index in [1.165, 1.54) is 23.0 Å². The normalized spacial score (nSPS) is 15.6. The fraction of sp³-hybridized carbons (Fsp3) is 0.280. The molecular weight excluding hydrogens is 459 g/mol. The smallest absolute Gasteiger partial charge is 0.406 e. The van der Waals surface area contributed by atoms with Gasteiger partial charge in [0.2, 0.25) is 0 Å². The molecule has 3 heterocycles. The SMILES string of the molecule is CN(C)C(=O)c1cc2c3ccccc3n(C3CCNC3)c2cn1.Nc1ccc(OC(F)(F)F)cc1. The Morgan fingerprint density at radius 3 is 2.46 bits per heavy atom. The molecule has 0 radical (unpaired) electrons. The predicted octanol–water partition coefficient (Wildman–Crippen LogP) is 4.59. The van der Waals surface area contributed by atoms with Crippen LogP contribution in [0.1, 0.15) is 23.0 Å². The largest absolute Gasteiger partial charge is 0.573 e. The maximum atomic E-state index is 12.2. The van der Waals surface area contributed by atoms with Crippen LogP contribution >= 0.6 is 0 Å². The van der Waals surface area contributed by atoms with E-state index in [4.69, 9.17) is 5.73 Å². The number of fused-ring (bicyclic) bond motifs is 3. The maximum Gasteiger partial charge on any atom is 0.573 e. The highest BCUT2D eigenvalue weighted by Gasteiger charge is 2.30. The van der Waals surface area contributed by atoms with E-state index in [0.717, 1.165) is 42.5 Å². The van der Waals surface area contributed by atoms with Crippen LogP contribution in [0.3, 0.4) is 0 Å². The molecule has 1 atom stereocenters. The molecule has 1 amide bonds. The molecule has 1 aliphatic rings. The number of anilines is 1. The summed E-state index contributed by atoms with van der Waals surface area (Å²) < 4.78 is 40.7. The topological polar surface area (TPSA) is 85.4 Å². The van der Waals surface area contributed by atoms with E-state index in [1.807, 2.05) is 18.3 Å². The zero-order valence-electron chi connectivity index (χ0n) is 19.3. The second-order valence-electron chi connectivity index (χ2n) is 8.44. The predicted molar refractivity (Wildman–Crippen MR) is 129 cm³/mol. The molecule has 3 N–H and O–H groups in total. The standard InChI is InChI=1S/C18H20N4O.C7H6F3NO/c1-21(2)18(23)15-9-14-13-5-3-4-6-16(13)22(17(14)11-20-15)12-7-8-19-10-12;8-7(9,10)12-6-3-1-5(11)2-4-6/h3-6,9,11-12,19H,7-8,10H2,1-2H3;1-4H,11H2. The van der Waals surface area contributed by atoms with Gasteiger partial charge in [-0.3, -0.25) is 4.79 Å². The first-order chi connectivity index (χ1) is 16.6. The van der Waals surface area contributed by atoms with Crippen molar-refractivity contribution in [3.05, 3.63) is 66.5 Å². The van der Waals surface area contributed by atoms with Crippen molar-refractivity contribution in [1.29, 1.82) is 0 Å². The van der Waals surface area contributed by atoms with Gasteiger partial charge < -0.3 is 25.3 Å². The van der Waals surface area contributed by atoms with Crippen molar-refractivity contribution >= 4 is 33.4 Å². The van der Waals surface area contributed by atoms with Crippen LogP contribution in [0.2, 0.25) is 0 Å². The molecule has 1 unspecified atom stereocenters. The number of halogens is 3. The summed E-state index contributed by atoms with van der Waals surface area (Å²) in [5, 5.41) is 5.72. The number of para-hydroxylation sites is 1. The quantitative estimate of drug-likeness (QED) is 0.415. The lowest BCUT2D eigenvalue weighted by Crippen LogP contribution is -2.22. The van der Waals surface area contributed by atoms with E-state index in [-0.39, 0.29) is 11.7 Å². The molecule has 0 bridgehead atoms. The van der Waals surface area contributed by atoms with E-state index >= 15 is 0 Å². The number of nitrogens with zero attached hydrogens (tertiary/aromatic N) is 3. The molecule has 2 aromatic carbocycles. The Hall–Kier alpha value is -3.79. The summed E-state index contributed by atoms with van der Waals surface area (Å²) in [4.78, 5) is 18.2. The molecule has 0 spiro atoms. The summed E-state index contributed by atoms with van der Waals surface area (Å²) in [6.45, 7) is 2.02. The average Bonchev–Trinajstić information content (AvgIpc) is 3.45. The Kier molecular flexibility index (Phi) is 6.83. The molecule has 184 valence electrons. The second-order valence-corrected chi connectivity index (χ2v) is 8.44. The number of aromatic nitrogens is 2. The first-order valence-corrected chi connectivity index (χ1v) is 11.1. The highest BCUT2D eigenvalue weighted by molar-refractivity contribution is 6.10. The van der Waals surface area contributed by atoms with Crippen molar-refractivity contribution in [3.63, 3.8) is 0 Å². The van der Waals surface area contributed by atoms with Gasteiger partial charge in [0, 0.05) is 48.7 Å². The minimum atomic E-state index is -4.64. The number of pyridine rings is 1. The lowest BCUT2D eigenvalue weighted by molar-refractivity contribution is -0.274. The molecule has 0 saturated carbocycles. The highest BCUT2D eigenvalue weighted by Crippen LogP contribution is 2.33. The summed E-state index contributed by atoms with van der Waals surface area (Å²) in [5.41, 5.74) is 8.46. The molecule has 7 nitrogen and oxygen atoms in total. The molecule has 5 rings (SSSR count). The molecule has 0 aliphatic carbocycles. The summed E-state index contributed by atoms with van der Waals surface area (Å²) in [6, 6.07) is 15.7. The van der Waals surface area contributed by atoms with Gasteiger partial charge in [0.1, 0.15) is 11.4 Å². The summed E-state index contributed by atoms with van der Waals surface area (Å²) in [6.07, 6.45) is -1.67. The second kappa shape index (κ2) is 9.83. The van der Waals surface area contributed by atoms with Crippen LogP contribution in [0.25, 0.3) is 21.8 Å². The number of nitrogen functional groups attached to an aromatic ring is 1. The molecule has 35 heavy (non-hydrogen) atoms. The van der Waals surface area contributed by atoms with Gasteiger partial charge in [0.25, 0.3) is 5.91 Å². The zero-order valence-corrected chi connectivity index (χ0v) is 19.3. The Morgan fingerprint density at radius 2 is 1.83 bits per heavy atom. The zero-order chi connectivity index (χ0) is 25.2. The van der Waals surface area contributed by atoms with Crippen LogP contribution in [0, 0.1) is 0 Å². The van der Waals surface area contributed by atoms with Gasteiger partial charge in [-0.2, -0.15) is 0 Å². The van der Waals surface area contributed by atoms with Gasteiger partial charge in [-0.25, -0.2) is 4.98 Å². The number of rotatable bonds is 3. The number of nitrogens with one attached hydrogen (secondary N) is 1. The highest BCUT2D eigenvalue weighted by atomic mass is 19.4. The third kappa shape index (κ3) is 5.48. The fourth-order valence-electron chi connectivity index (χ4n) is 4.17. The van der Waals surface area contributed by atoms with E-state index in [9.17, 15) is 18.0 Å². The molecule has 1 saturated heterocycles. The van der Waals surface area contributed by atoms with Crippen LogP contribution in [0.5, 0.6) is 5.75 Å². The number of alkyl halides is 3. The fourth-order valence-corrected chi connectivity index (χ4v) is 4.17. The number of benzene rings is 2. The van der Waals surface area contributed by atoms with E-state index in [2.05, 4.69) is 37.8 Å².